The summed E-state index contributed by atoms with van der Waals surface area (Å²) in [4.78, 5) is 25.0. The second-order valence-electron chi connectivity index (χ2n) is 9.06. The fourth-order valence-electron chi connectivity index (χ4n) is 4.56. The zero-order valence-electron chi connectivity index (χ0n) is 19.8. The summed E-state index contributed by atoms with van der Waals surface area (Å²) >= 11 is 0. The van der Waals surface area contributed by atoms with E-state index in [0.29, 0.717) is 19.4 Å². The first-order chi connectivity index (χ1) is 16.3. The summed E-state index contributed by atoms with van der Waals surface area (Å²) in [6.07, 6.45) is 8.68. The van der Waals surface area contributed by atoms with Crippen LogP contribution in [0.1, 0.15) is 68.6 Å². The van der Waals surface area contributed by atoms with Gasteiger partial charge in [0.05, 0.1) is 12.1 Å². The van der Waals surface area contributed by atoms with Crippen LogP contribution in [-0.2, 0) is 9.59 Å². The third-order valence-electron chi connectivity index (χ3n) is 6.42. The van der Waals surface area contributed by atoms with Crippen LogP contribution in [0, 0.1) is 6.92 Å². The Labute approximate surface area is 201 Å². The Morgan fingerprint density at radius 2 is 1.94 bits per heavy atom. The average Bonchev–Trinajstić information content (AvgIpc) is 2.80. The van der Waals surface area contributed by atoms with Gasteiger partial charge in [-0.25, -0.2) is 0 Å². The molecular weight excluding hydrogens is 430 g/mol. The lowest BCUT2D eigenvalue weighted by atomic mass is 9.96. The number of carbonyl (C=O) groups is 2. The second-order valence-corrected chi connectivity index (χ2v) is 9.06. The van der Waals surface area contributed by atoms with Crippen LogP contribution in [0.15, 0.2) is 54.6 Å². The largest absolute Gasteiger partial charge is 0.508 e. The number of phenols is 1. The molecule has 34 heavy (non-hydrogen) atoms. The Bertz CT molecular complexity index is 1020. The van der Waals surface area contributed by atoms with E-state index in [1.165, 1.54) is 0 Å². The van der Waals surface area contributed by atoms with Gasteiger partial charge < -0.3 is 20.2 Å². The highest BCUT2D eigenvalue weighted by molar-refractivity contribution is 5.77. The summed E-state index contributed by atoms with van der Waals surface area (Å²) in [6.45, 7) is 2.60. The summed E-state index contributed by atoms with van der Waals surface area (Å²) in [7, 11) is 0. The molecule has 3 N–H and O–H groups in total. The van der Waals surface area contributed by atoms with Gasteiger partial charge in [-0.05, 0) is 73.1 Å². The molecule has 182 valence electrons. The molecule has 1 aliphatic heterocycles. The van der Waals surface area contributed by atoms with Gasteiger partial charge in [-0.1, -0.05) is 49.3 Å². The number of aromatic hydroxyl groups is 1. The van der Waals surface area contributed by atoms with E-state index in [2.05, 4.69) is 0 Å². The molecule has 2 aromatic carbocycles. The number of carboxylic acids is 1. The van der Waals surface area contributed by atoms with Crippen LogP contribution in [0.25, 0.3) is 11.1 Å². The second kappa shape index (κ2) is 12.4. The quantitative estimate of drug-likeness (QED) is 0.306. The van der Waals surface area contributed by atoms with Crippen LogP contribution < -0.4 is 0 Å². The van der Waals surface area contributed by atoms with Crippen molar-refractivity contribution >= 4 is 11.9 Å². The topological polar surface area (TPSA) is 98.1 Å². The minimum Gasteiger partial charge on any atom is -0.508 e. The van der Waals surface area contributed by atoms with E-state index in [0.717, 1.165) is 54.4 Å². The van der Waals surface area contributed by atoms with Gasteiger partial charge in [-0.2, -0.15) is 0 Å². The third kappa shape index (κ3) is 7.19. The zero-order valence-corrected chi connectivity index (χ0v) is 19.8. The van der Waals surface area contributed by atoms with E-state index >= 15 is 0 Å². The number of likely N-dealkylation sites (tertiary alicyclic amines) is 1. The lowest BCUT2D eigenvalue weighted by Crippen LogP contribution is -2.43. The Kier molecular flexibility index (Phi) is 9.28. The molecule has 1 fully saturated rings. The van der Waals surface area contributed by atoms with Crippen LogP contribution in [0.2, 0.25) is 0 Å². The Morgan fingerprint density at radius 1 is 1.15 bits per heavy atom. The molecule has 0 spiro atoms. The Balaban J connectivity index is 1.62. The van der Waals surface area contributed by atoms with E-state index in [1.54, 1.807) is 18.2 Å². The summed E-state index contributed by atoms with van der Waals surface area (Å²) in [5, 5.41) is 29.2. The lowest BCUT2D eigenvalue weighted by molar-refractivity contribution is -0.137. The van der Waals surface area contributed by atoms with E-state index < -0.39 is 12.1 Å². The van der Waals surface area contributed by atoms with Crippen LogP contribution >= 0.6 is 0 Å². The molecule has 1 heterocycles. The van der Waals surface area contributed by atoms with Gasteiger partial charge in [0, 0.05) is 19.4 Å². The van der Waals surface area contributed by atoms with Gasteiger partial charge >= 0.3 is 5.97 Å². The normalized spacial score (nSPS) is 17.3. The maximum Gasteiger partial charge on any atom is 0.303 e. The van der Waals surface area contributed by atoms with Gasteiger partial charge in [0.25, 0.3) is 0 Å². The fourth-order valence-corrected chi connectivity index (χ4v) is 4.56. The molecule has 3 rings (SSSR count). The van der Waals surface area contributed by atoms with E-state index in [4.69, 9.17) is 5.11 Å². The van der Waals surface area contributed by atoms with Crippen LogP contribution in [-0.4, -0.2) is 44.7 Å². The monoisotopic (exact) mass is 465 g/mol. The Hall–Kier alpha value is -3.12. The Morgan fingerprint density at radius 3 is 2.71 bits per heavy atom. The number of rotatable bonds is 11. The number of hydrogen-bond donors (Lipinski definition) is 3. The molecule has 0 aromatic heterocycles. The highest BCUT2D eigenvalue weighted by Crippen LogP contribution is 2.29. The number of benzene rings is 2. The van der Waals surface area contributed by atoms with E-state index in [1.807, 2.05) is 48.2 Å². The molecule has 1 aliphatic rings. The molecule has 0 aliphatic carbocycles. The van der Waals surface area contributed by atoms with Crippen LogP contribution in [0.3, 0.4) is 0 Å². The molecule has 6 nitrogen and oxygen atoms in total. The highest BCUT2D eigenvalue weighted by atomic mass is 16.4. The predicted octanol–water partition coefficient (Wildman–Crippen LogP) is 5.37. The minimum atomic E-state index is -0.785. The summed E-state index contributed by atoms with van der Waals surface area (Å²) in [5.41, 5.74) is 3.71. The molecule has 1 amide bonds. The number of aliphatic hydroxyl groups is 1. The number of unbranched alkanes of at least 4 members (excludes halogenated alkanes) is 3. The number of nitrogens with zero attached hydrogens (tertiary/aromatic N) is 1. The fraction of sp³-hybridized carbons (Fsp3) is 0.429. The first kappa shape index (κ1) is 25.5. The predicted molar refractivity (Wildman–Crippen MR) is 132 cm³/mol. The molecule has 0 bridgehead atoms. The van der Waals surface area contributed by atoms with Crippen molar-refractivity contribution in [2.45, 2.75) is 70.4 Å². The molecule has 6 heteroatoms. The molecule has 0 unspecified atom stereocenters. The number of carbonyl (C=O) groups excluding carboxylic acids is 1. The molecule has 0 saturated carbocycles. The van der Waals surface area contributed by atoms with Gasteiger partial charge in [0.15, 0.2) is 0 Å². The van der Waals surface area contributed by atoms with Crippen molar-refractivity contribution in [2.75, 3.05) is 6.54 Å². The first-order valence-electron chi connectivity index (χ1n) is 12.1. The number of piperidine rings is 1. The number of hydrogen-bond acceptors (Lipinski definition) is 4. The smallest absolute Gasteiger partial charge is 0.303 e. The van der Waals surface area contributed by atoms with Crippen LogP contribution in [0.5, 0.6) is 5.75 Å². The van der Waals surface area contributed by atoms with Gasteiger partial charge in [0.2, 0.25) is 5.91 Å². The average molecular weight is 466 g/mol. The van der Waals surface area contributed by atoms with E-state index in [-0.39, 0.29) is 24.1 Å². The lowest BCUT2D eigenvalue weighted by Gasteiger charge is -2.34. The van der Waals surface area contributed by atoms with E-state index in [9.17, 15) is 19.8 Å². The van der Waals surface area contributed by atoms with Crippen molar-refractivity contribution in [2.24, 2.45) is 0 Å². The van der Waals surface area contributed by atoms with Crippen molar-refractivity contribution < 1.29 is 24.9 Å². The number of carboxylic acid groups (broad SMARTS) is 1. The summed E-state index contributed by atoms with van der Waals surface area (Å²) in [6, 6.07) is 13.0. The number of aliphatic hydroxyl groups excluding tert-OH is 1. The first-order valence-corrected chi connectivity index (χ1v) is 12.1. The van der Waals surface area contributed by atoms with Crippen molar-refractivity contribution in [1.82, 2.24) is 4.90 Å². The standard InChI is InChI=1S/C28H35NO5/c1-20-18-24(30)14-15-25(20)21-8-6-9-22(19-21)26(31)16-13-23-10-7-11-27(32)29(23)17-5-3-2-4-12-28(33)34/h6,8-9,13-16,18-19,23,26,30-31H,2-5,7,10-12,17H2,1H3,(H,33,34)/b16-13+/t23-,26-/m1/s1. The summed E-state index contributed by atoms with van der Waals surface area (Å²) in [5.74, 6) is -0.392. The summed E-state index contributed by atoms with van der Waals surface area (Å²) < 4.78 is 0. The van der Waals surface area contributed by atoms with Crippen molar-refractivity contribution in [1.29, 1.82) is 0 Å². The highest BCUT2D eigenvalue weighted by Gasteiger charge is 2.25. The van der Waals surface area contributed by atoms with Crippen molar-refractivity contribution in [3.63, 3.8) is 0 Å². The maximum atomic E-state index is 12.5. The van der Waals surface area contributed by atoms with Crippen molar-refractivity contribution in [3.05, 3.63) is 65.7 Å². The van der Waals surface area contributed by atoms with Crippen molar-refractivity contribution in [3.8, 4) is 16.9 Å². The van der Waals surface area contributed by atoms with Crippen LogP contribution in [0.4, 0.5) is 0 Å². The van der Waals surface area contributed by atoms with Gasteiger partial charge in [0.1, 0.15) is 5.75 Å². The zero-order chi connectivity index (χ0) is 24.5. The minimum absolute atomic E-state index is 0.0301. The van der Waals surface area contributed by atoms with Gasteiger partial charge in [-0.15, -0.1) is 0 Å². The third-order valence-corrected chi connectivity index (χ3v) is 6.42. The number of aryl methyl sites for hydroxylation is 1. The number of amides is 1. The van der Waals surface area contributed by atoms with Gasteiger partial charge in [-0.3, -0.25) is 9.59 Å². The maximum absolute atomic E-state index is 12.5. The molecule has 2 atom stereocenters. The molecule has 1 saturated heterocycles. The number of aliphatic carboxylic acids is 1. The molecule has 0 radical (unpaired) electrons. The molecular formula is C28H35NO5. The number of phenolic OH excluding ortho intramolecular Hbond substituents is 1. The molecule has 2 aromatic rings. The SMILES string of the molecule is Cc1cc(O)ccc1-c1cccc([C@H](O)/C=C/[C@H]2CCCC(=O)N2CCCCCCC(=O)O)c1.